The first kappa shape index (κ1) is 18.1. The van der Waals surface area contributed by atoms with E-state index in [0.29, 0.717) is 5.69 Å². The van der Waals surface area contributed by atoms with Crippen LogP contribution < -0.4 is 4.90 Å². The summed E-state index contributed by atoms with van der Waals surface area (Å²) in [5, 5.41) is 2.01. The van der Waals surface area contributed by atoms with Crippen molar-refractivity contribution in [2.24, 2.45) is 11.8 Å². The molecule has 152 valence electrons. The maximum atomic E-state index is 13.7. The monoisotopic (exact) mass is 408 g/mol. The third kappa shape index (κ3) is 2.40. The fraction of sp³-hybridized carbons (Fsp3) is 0.192. The van der Waals surface area contributed by atoms with Crippen LogP contribution in [-0.4, -0.2) is 28.5 Å². The highest BCUT2D eigenvalue weighted by Gasteiger charge is 2.63. The SMILES string of the molecule is CC(=O)[C@H]1[C@@H]2C(=O)N(c3ccc4ccccc4c3)C(=O)[C@@H]2[C@H]2c3ccccc3C=CN21. The molecule has 5 heteroatoms. The number of Topliss-reactive ketones (excluding diaryl/α,β-unsaturated/α-hetero) is 1. The van der Waals surface area contributed by atoms with E-state index in [1.807, 2.05) is 83.9 Å². The molecule has 0 spiro atoms. The van der Waals surface area contributed by atoms with Gasteiger partial charge in [0.25, 0.3) is 0 Å². The third-order valence-corrected chi connectivity index (χ3v) is 6.87. The van der Waals surface area contributed by atoms with Gasteiger partial charge in [0.05, 0.1) is 29.6 Å². The Morgan fingerprint density at radius 2 is 1.55 bits per heavy atom. The van der Waals surface area contributed by atoms with Crippen LogP contribution in [0.25, 0.3) is 16.8 Å². The standard InChI is InChI=1S/C26H20N2O3/c1-15(29)23-21-22(24-20-9-5-4-7-17(20)12-13-27(23)24)26(31)28(25(21)30)19-11-10-16-6-2-3-8-18(16)14-19/h2-14,21-24H,1H3/t21-,22+,23+,24-/m1/s1. The number of nitrogens with zero attached hydrogens (tertiary/aromatic N) is 2. The van der Waals surface area contributed by atoms with Crippen molar-refractivity contribution in [3.8, 4) is 0 Å². The van der Waals surface area contributed by atoms with E-state index in [1.54, 1.807) is 0 Å². The zero-order valence-corrected chi connectivity index (χ0v) is 16.9. The van der Waals surface area contributed by atoms with E-state index < -0.39 is 17.9 Å². The molecule has 0 unspecified atom stereocenters. The summed E-state index contributed by atoms with van der Waals surface area (Å²) in [5.41, 5.74) is 2.58. The van der Waals surface area contributed by atoms with E-state index in [4.69, 9.17) is 0 Å². The molecule has 3 heterocycles. The van der Waals surface area contributed by atoms with Crippen molar-refractivity contribution in [1.82, 2.24) is 4.90 Å². The van der Waals surface area contributed by atoms with E-state index in [-0.39, 0.29) is 23.6 Å². The molecular formula is C26H20N2O3. The number of carbonyl (C=O) groups excluding carboxylic acids is 3. The molecule has 0 saturated carbocycles. The number of amides is 2. The highest BCUT2D eigenvalue weighted by atomic mass is 16.2. The zero-order valence-electron chi connectivity index (χ0n) is 16.9. The van der Waals surface area contributed by atoms with Crippen molar-refractivity contribution in [2.45, 2.75) is 19.0 Å². The number of rotatable bonds is 2. The molecule has 3 aromatic carbocycles. The summed E-state index contributed by atoms with van der Waals surface area (Å²) in [6, 6.07) is 20.4. The average molecular weight is 408 g/mol. The molecule has 4 atom stereocenters. The van der Waals surface area contributed by atoms with Gasteiger partial charge in [0.1, 0.15) is 0 Å². The molecule has 5 nitrogen and oxygen atoms in total. The van der Waals surface area contributed by atoms with Gasteiger partial charge >= 0.3 is 0 Å². The van der Waals surface area contributed by atoms with Crippen molar-refractivity contribution >= 4 is 40.1 Å². The number of benzene rings is 3. The minimum absolute atomic E-state index is 0.0944. The molecule has 0 bridgehead atoms. The fourth-order valence-electron chi connectivity index (χ4n) is 5.59. The smallest absolute Gasteiger partial charge is 0.240 e. The molecule has 31 heavy (non-hydrogen) atoms. The molecule has 2 fully saturated rings. The molecule has 0 aliphatic carbocycles. The molecule has 6 rings (SSSR count). The fourth-order valence-corrected chi connectivity index (χ4v) is 5.59. The molecule has 2 saturated heterocycles. The largest absolute Gasteiger partial charge is 0.359 e. The van der Waals surface area contributed by atoms with E-state index in [2.05, 4.69) is 0 Å². The van der Waals surface area contributed by atoms with E-state index in [0.717, 1.165) is 21.9 Å². The summed E-state index contributed by atoms with van der Waals surface area (Å²) in [5.74, 6) is -1.88. The normalized spacial score (nSPS) is 26.2. The summed E-state index contributed by atoms with van der Waals surface area (Å²) in [6.45, 7) is 1.51. The predicted octanol–water partition coefficient (Wildman–Crippen LogP) is 3.94. The second-order valence-corrected chi connectivity index (χ2v) is 8.49. The van der Waals surface area contributed by atoms with Crippen molar-refractivity contribution in [3.05, 3.63) is 84.1 Å². The van der Waals surface area contributed by atoms with Gasteiger partial charge in [0.15, 0.2) is 5.78 Å². The lowest BCUT2D eigenvalue weighted by atomic mass is 9.84. The lowest BCUT2D eigenvalue weighted by molar-refractivity contribution is -0.129. The molecule has 0 aromatic heterocycles. The Labute approximate surface area is 179 Å². The van der Waals surface area contributed by atoms with E-state index in [1.165, 1.54) is 11.8 Å². The van der Waals surface area contributed by atoms with Gasteiger partial charge in [-0.2, -0.15) is 0 Å². The van der Waals surface area contributed by atoms with Crippen LogP contribution in [0.5, 0.6) is 0 Å². The number of hydrogen-bond acceptors (Lipinski definition) is 4. The van der Waals surface area contributed by atoms with Crippen LogP contribution in [0.1, 0.15) is 24.1 Å². The minimum Gasteiger partial charge on any atom is -0.359 e. The topological polar surface area (TPSA) is 57.7 Å². The van der Waals surface area contributed by atoms with Gasteiger partial charge in [-0.15, -0.1) is 0 Å². The van der Waals surface area contributed by atoms with Crippen LogP contribution in [0, 0.1) is 11.8 Å². The summed E-state index contributed by atoms with van der Waals surface area (Å²) in [7, 11) is 0. The quantitative estimate of drug-likeness (QED) is 0.603. The highest BCUT2D eigenvalue weighted by molar-refractivity contribution is 6.24. The number of anilines is 1. The number of carbonyl (C=O) groups is 3. The molecule has 0 radical (unpaired) electrons. The molecule has 3 aliphatic rings. The van der Waals surface area contributed by atoms with Gasteiger partial charge in [-0.1, -0.05) is 54.6 Å². The Balaban J connectivity index is 1.49. The minimum atomic E-state index is -0.683. The van der Waals surface area contributed by atoms with Crippen LogP contribution in [0.15, 0.2) is 72.9 Å². The van der Waals surface area contributed by atoms with Gasteiger partial charge in [-0.3, -0.25) is 14.4 Å². The van der Waals surface area contributed by atoms with Gasteiger partial charge < -0.3 is 4.90 Å². The van der Waals surface area contributed by atoms with Crippen LogP contribution in [0.4, 0.5) is 5.69 Å². The summed E-state index contributed by atoms with van der Waals surface area (Å²) in [4.78, 5) is 43.2. The molecule has 0 N–H and O–H groups in total. The van der Waals surface area contributed by atoms with Crippen molar-refractivity contribution in [2.75, 3.05) is 4.90 Å². The van der Waals surface area contributed by atoms with Crippen LogP contribution in [-0.2, 0) is 14.4 Å². The Bertz CT molecular complexity index is 1310. The second-order valence-electron chi connectivity index (χ2n) is 8.49. The maximum absolute atomic E-state index is 13.7. The zero-order chi connectivity index (χ0) is 21.3. The van der Waals surface area contributed by atoms with Crippen molar-refractivity contribution < 1.29 is 14.4 Å². The lowest BCUT2D eigenvalue weighted by Crippen LogP contribution is -2.43. The predicted molar refractivity (Wildman–Crippen MR) is 118 cm³/mol. The lowest BCUT2D eigenvalue weighted by Gasteiger charge is -2.35. The number of imide groups is 1. The molecular weight excluding hydrogens is 388 g/mol. The third-order valence-electron chi connectivity index (χ3n) is 6.87. The Morgan fingerprint density at radius 1 is 0.839 bits per heavy atom. The van der Waals surface area contributed by atoms with Crippen molar-refractivity contribution in [3.63, 3.8) is 0 Å². The second kappa shape index (κ2) is 6.38. The molecule has 3 aliphatic heterocycles. The highest BCUT2D eigenvalue weighted by Crippen LogP contribution is 2.53. The molecule has 3 aromatic rings. The Morgan fingerprint density at radius 3 is 2.35 bits per heavy atom. The van der Waals surface area contributed by atoms with E-state index in [9.17, 15) is 14.4 Å². The van der Waals surface area contributed by atoms with Crippen molar-refractivity contribution in [1.29, 1.82) is 0 Å². The van der Waals surface area contributed by atoms with E-state index >= 15 is 0 Å². The van der Waals surface area contributed by atoms with Crippen LogP contribution in [0.2, 0.25) is 0 Å². The first-order valence-corrected chi connectivity index (χ1v) is 10.5. The first-order chi connectivity index (χ1) is 15.1. The summed E-state index contributed by atoms with van der Waals surface area (Å²) < 4.78 is 0. The van der Waals surface area contributed by atoms with Gasteiger partial charge in [-0.25, -0.2) is 4.90 Å². The van der Waals surface area contributed by atoms with Crippen LogP contribution in [0.3, 0.4) is 0 Å². The van der Waals surface area contributed by atoms with Gasteiger partial charge in [-0.05, 0) is 47.0 Å². The Hall–Kier alpha value is -3.73. The number of hydrogen-bond donors (Lipinski definition) is 0. The summed E-state index contributed by atoms with van der Waals surface area (Å²) in [6.07, 6.45) is 3.83. The number of fused-ring (bicyclic) bond motifs is 6. The van der Waals surface area contributed by atoms with Gasteiger partial charge in [0, 0.05) is 6.20 Å². The molecule has 2 amide bonds. The average Bonchev–Trinajstić information content (AvgIpc) is 3.26. The summed E-state index contributed by atoms with van der Waals surface area (Å²) >= 11 is 0. The first-order valence-electron chi connectivity index (χ1n) is 10.5. The maximum Gasteiger partial charge on any atom is 0.240 e. The van der Waals surface area contributed by atoms with Gasteiger partial charge in [0.2, 0.25) is 11.8 Å². The Kier molecular flexibility index (Phi) is 3.72. The number of ketones is 1. The van der Waals surface area contributed by atoms with Crippen LogP contribution >= 0.6 is 0 Å².